The molecule has 1 heterocycles. The van der Waals surface area contributed by atoms with Crippen molar-refractivity contribution in [3.63, 3.8) is 0 Å². The molecule has 0 aromatic heterocycles. The van der Waals surface area contributed by atoms with E-state index in [0.29, 0.717) is 24.0 Å². The molecule has 4 nitrogen and oxygen atoms in total. The van der Waals surface area contributed by atoms with E-state index >= 15 is 0 Å². The molecule has 5 heteroatoms. The van der Waals surface area contributed by atoms with E-state index in [1.54, 1.807) is 0 Å². The van der Waals surface area contributed by atoms with Crippen LogP contribution in [-0.2, 0) is 4.74 Å². The van der Waals surface area contributed by atoms with Crippen LogP contribution in [-0.4, -0.2) is 21.0 Å². The molecule has 1 aliphatic heterocycles. The minimum absolute atomic E-state index is 0.392. The average Bonchev–Trinajstić information content (AvgIpc) is 3.60. The third-order valence-electron chi connectivity index (χ3n) is 6.47. The van der Waals surface area contributed by atoms with Crippen molar-refractivity contribution >= 4 is 8.80 Å². The zero-order valence-corrected chi connectivity index (χ0v) is 19.4. The number of benzene rings is 3. The summed E-state index contributed by atoms with van der Waals surface area (Å²) in [5.41, 5.74) is 0. The van der Waals surface area contributed by atoms with Gasteiger partial charge in [-0.1, -0.05) is 61.5 Å². The lowest BCUT2D eigenvalue weighted by atomic mass is 9.82. The summed E-state index contributed by atoms with van der Waals surface area (Å²) in [7, 11) is -3.21. The molecule has 166 valence electrons. The van der Waals surface area contributed by atoms with E-state index in [9.17, 15) is 0 Å². The van der Waals surface area contributed by atoms with E-state index in [4.69, 9.17) is 18.0 Å². The lowest BCUT2D eigenvalue weighted by Crippen LogP contribution is -2.56. The van der Waals surface area contributed by atoms with E-state index in [1.165, 1.54) is 6.42 Å². The summed E-state index contributed by atoms with van der Waals surface area (Å²) >= 11 is 0. The van der Waals surface area contributed by atoms with Crippen LogP contribution in [0, 0.1) is 11.8 Å². The van der Waals surface area contributed by atoms with Gasteiger partial charge < -0.3 is 18.0 Å². The van der Waals surface area contributed by atoms with Crippen LogP contribution in [0.2, 0.25) is 6.04 Å². The summed E-state index contributed by atoms with van der Waals surface area (Å²) in [6.45, 7) is 2.31. The lowest BCUT2D eigenvalue weighted by Gasteiger charge is -2.34. The Hall–Kier alpha value is -2.76. The zero-order valence-electron chi connectivity index (χ0n) is 18.4. The third kappa shape index (κ3) is 5.17. The Labute approximate surface area is 191 Å². The summed E-state index contributed by atoms with van der Waals surface area (Å²) in [4.78, 5) is 0. The molecule has 3 aromatic rings. The van der Waals surface area contributed by atoms with Crippen molar-refractivity contribution in [2.24, 2.45) is 11.8 Å². The summed E-state index contributed by atoms with van der Waals surface area (Å²) < 4.78 is 25.8. The van der Waals surface area contributed by atoms with Crippen molar-refractivity contribution in [1.82, 2.24) is 0 Å². The molecule has 0 radical (unpaired) electrons. The monoisotopic (exact) mass is 446 g/mol. The van der Waals surface area contributed by atoms with Crippen molar-refractivity contribution in [1.29, 1.82) is 0 Å². The average molecular weight is 447 g/mol. The molecule has 3 aromatic carbocycles. The van der Waals surface area contributed by atoms with E-state index in [2.05, 4.69) is 6.92 Å². The molecule has 5 rings (SSSR count). The van der Waals surface area contributed by atoms with Crippen LogP contribution < -0.4 is 13.3 Å². The highest BCUT2D eigenvalue weighted by Gasteiger charge is 2.53. The van der Waals surface area contributed by atoms with Gasteiger partial charge in [0.05, 0.1) is 18.3 Å². The van der Waals surface area contributed by atoms with Gasteiger partial charge >= 0.3 is 8.80 Å². The number of para-hydroxylation sites is 3. The highest BCUT2D eigenvalue weighted by atomic mass is 28.4. The maximum Gasteiger partial charge on any atom is 0.699 e. The first-order chi connectivity index (χ1) is 15.7. The van der Waals surface area contributed by atoms with Gasteiger partial charge in [0.1, 0.15) is 17.2 Å². The first-order valence-corrected chi connectivity index (χ1v) is 13.5. The smallest absolute Gasteiger partial charge is 0.483 e. The summed E-state index contributed by atoms with van der Waals surface area (Å²) in [5, 5.41) is 0. The molecule has 32 heavy (non-hydrogen) atoms. The molecule has 0 spiro atoms. The molecule has 4 unspecified atom stereocenters. The van der Waals surface area contributed by atoms with Crippen LogP contribution in [0.1, 0.15) is 26.2 Å². The molecule has 1 saturated heterocycles. The summed E-state index contributed by atoms with van der Waals surface area (Å²) in [6.07, 6.45) is 4.43. The van der Waals surface area contributed by atoms with Crippen LogP contribution >= 0.6 is 0 Å². The second kappa shape index (κ2) is 9.39. The Balaban J connectivity index is 1.47. The molecule has 1 aliphatic carbocycles. The standard InChI is InChI=1S/C27H30O4Si/c1-21(22-17-18-26-27(19-22)28-26)20-32(29-23-11-5-2-6-12-23,30-24-13-7-3-8-14-24)31-25-15-9-4-10-16-25/h2-16,21-22,26-27H,17-20H2,1H3. The van der Waals surface area contributed by atoms with Gasteiger partial charge in [0.25, 0.3) is 0 Å². The van der Waals surface area contributed by atoms with E-state index in [0.717, 1.165) is 36.1 Å². The van der Waals surface area contributed by atoms with Crippen molar-refractivity contribution < 1.29 is 18.0 Å². The molecule has 2 fully saturated rings. The van der Waals surface area contributed by atoms with Gasteiger partial charge in [0.2, 0.25) is 0 Å². The number of hydrogen-bond acceptors (Lipinski definition) is 4. The molecule has 2 aliphatic rings. The molecule has 0 bridgehead atoms. The number of ether oxygens (including phenoxy) is 1. The predicted molar refractivity (Wildman–Crippen MR) is 127 cm³/mol. The van der Waals surface area contributed by atoms with Gasteiger partial charge in [-0.25, -0.2) is 0 Å². The van der Waals surface area contributed by atoms with Gasteiger partial charge in [-0.2, -0.15) is 0 Å². The molecule has 1 saturated carbocycles. The Bertz CT molecular complexity index is 881. The molecule has 0 amide bonds. The fourth-order valence-electron chi connectivity index (χ4n) is 4.70. The zero-order chi connectivity index (χ0) is 21.8. The maximum absolute atomic E-state index is 6.67. The highest BCUT2D eigenvalue weighted by molar-refractivity contribution is 6.63. The molecular weight excluding hydrogens is 416 g/mol. The van der Waals surface area contributed by atoms with Crippen LogP contribution in [0.15, 0.2) is 91.0 Å². The Morgan fingerprint density at radius 1 is 0.719 bits per heavy atom. The molecular formula is C27H30O4Si. The second-order valence-corrected chi connectivity index (χ2v) is 11.3. The van der Waals surface area contributed by atoms with Gasteiger partial charge in [-0.3, -0.25) is 0 Å². The highest BCUT2D eigenvalue weighted by Crippen LogP contribution is 2.44. The number of hydrogen-bond donors (Lipinski definition) is 0. The van der Waals surface area contributed by atoms with Crippen LogP contribution in [0.5, 0.6) is 17.2 Å². The normalized spacial score (nSPS) is 23.0. The van der Waals surface area contributed by atoms with Gasteiger partial charge in [0.15, 0.2) is 0 Å². The Morgan fingerprint density at radius 3 is 1.62 bits per heavy atom. The maximum atomic E-state index is 6.67. The van der Waals surface area contributed by atoms with Crippen LogP contribution in [0.4, 0.5) is 0 Å². The predicted octanol–water partition coefficient (Wildman–Crippen LogP) is 6.37. The topological polar surface area (TPSA) is 40.2 Å². The van der Waals surface area contributed by atoms with Crippen molar-refractivity contribution in [3.05, 3.63) is 91.0 Å². The van der Waals surface area contributed by atoms with Gasteiger partial charge in [-0.15, -0.1) is 0 Å². The summed E-state index contributed by atoms with van der Waals surface area (Å²) in [5.74, 6) is 3.29. The van der Waals surface area contributed by atoms with E-state index < -0.39 is 8.80 Å². The minimum Gasteiger partial charge on any atom is -0.483 e. The minimum atomic E-state index is -3.21. The van der Waals surface area contributed by atoms with Crippen LogP contribution in [0.3, 0.4) is 0 Å². The number of epoxide rings is 1. The largest absolute Gasteiger partial charge is 0.699 e. The third-order valence-corrected chi connectivity index (χ3v) is 9.26. The number of rotatable bonds is 9. The van der Waals surface area contributed by atoms with Crippen molar-refractivity contribution in [3.8, 4) is 17.2 Å². The Morgan fingerprint density at radius 2 is 1.19 bits per heavy atom. The second-order valence-electron chi connectivity index (χ2n) is 8.90. The van der Waals surface area contributed by atoms with E-state index in [1.807, 2.05) is 91.0 Å². The van der Waals surface area contributed by atoms with E-state index in [-0.39, 0.29) is 0 Å². The van der Waals surface area contributed by atoms with Crippen molar-refractivity contribution in [2.75, 3.05) is 0 Å². The Kier molecular flexibility index (Phi) is 6.19. The molecule has 0 N–H and O–H groups in total. The molecule has 4 atom stereocenters. The van der Waals surface area contributed by atoms with Crippen molar-refractivity contribution in [2.45, 2.75) is 44.4 Å². The lowest BCUT2D eigenvalue weighted by molar-refractivity contribution is 0.224. The first kappa shape index (κ1) is 21.1. The van der Waals surface area contributed by atoms with Crippen LogP contribution in [0.25, 0.3) is 0 Å². The fraction of sp³-hybridized carbons (Fsp3) is 0.333. The van der Waals surface area contributed by atoms with Gasteiger partial charge in [-0.05, 0) is 67.5 Å². The first-order valence-electron chi connectivity index (χ1n) is 11.6. The summed E-state index contributed by atoms with van der Waals surface area (Å²) in [6, 6.07) is 30.4. The van der Waals surface area contributed by atoms with Gasteiger partial charge in [0, 0.05) is 0 Å². The number of fused-ring (bicyclic) bond motifs is 1. The quantitative estimate of drug-likeness (QED) is 0.283. The fourth-order valence-corrected chi connectivity index (χ4v) is 7.69. The SMILES string of the molecule is CC(C[Si](Oc1ccccc1)(Oc1ccccc1)Oc1ccccc1)C1CCC2OC2C1.